The Balaban J connectivity index is 1.98. The zero-order valence-electron chi connectivity index (χ0n) is 12.3. The molecule has 1 unspecified atom stereocenters. The van der Waals surface area contributed by atoms with E-state index in [4.69, 9.17) is 5.73 Å². The summed E-state index contributed by atoms with van der Waals surface area (Å²) in [4.78, 5) is 17.0. The SMILES string of the molecule is CCC(C(=O)Nc1cccc(N)c1)N1CCN(C)CC1. The average Bonchev–Trinajstić information content (AvgIpc) is 2.42. The van der Waals surface area contributed by atoms with Gasteiger partial charge in [-0.2, -0.15) is 0 Å². The predicted octanol–water partition coefficient (Wildman–Crippen LogP) is 1.23. The van der Waals surface area contributed by atoms with Crippen molar-refractivity contribution in [2.24, 2.45) is 0 Å². The molecule has 5 nitrogen and oxygen atoms in total. The van der Waals surface area contributed by atoms with Gasteiger partial charge in [-0.1, -0.05) is 13.0 Å². The van der Waals surface area contributed by atoms with Gasteiger partial charge in [0.2, 0.25) is 5.91 Å². The lowest BCUT2D eigenvalue weighted by Gasteiger charge is -2.36. The average molecular weight is 276 g/mol. The Morgan fingerprint density at radius 1 is 1.35 bits per heavy atom. The molecule has 110 valence electrons. The zero-order chi connectivity index (χ0) is 14.5. The van der Waals surface area contributed by atoms with Gasteiger partial charge in [0, 0.05) is 37.6 Å². The fraction of sp³-hybridized carbons (Fsp3) is 0.533. The van der Waals surface area contributed by atoms with Gasteiger partial charge >= 0.3 is 0 Å². The van der Waals surface area contributed by atoms with Gasteiger partial charge in [0.1, 0.15) is 0 Å². The van der Waals surface area contributed by atoms with Gasteiger partial charge < -0.3 is 16.0 Å². The molecule has 0 aliphatic carbocycles. The van der Waals surface area contributed by atoms with Crippen LogP contribution in [-0.2, 0) is 4.79 Å². The van der Waals surface area contributed by atoms with Crippen LogP contribution in [0.5, 0.6) is 0 Å². The van der Waals surface area contributed by atoms with Crippen molar-refractivity contribution in [1.29, 1.82) is 0 Å². The molecular formula is C15H24N4O. The minimum absolute atomic E-state index is 0.0580. The Kier molecular flexibility index (Phi) is 4.98. The fourth-order valence-corrected chi connectivity index (χ4v) is 2.59. The summed E-state index contributed by atoms with van der Waals surface area (Å²) in [6, 6.07) is 7.25. The Labute approximate surface area is 120 Å². The number of nitrogens with zero attached hydrogens (tertiary/aromatic N) is 2. The summed E-state index contributed by atoms with van der Waals surface area (Å²) in [5, 5.41) is 2.97. The number of piperazine rings is 1. The number of hydrogen-bond donors (Lipinski definition) is 2. The number of hydrogen-bond acceptors (Lipinski definition) is 4. The second-order valence-corrected chi connectivity index (χ2v) is 5.38. The number of anilines is 2. The fourth-order valence-electron chi connectivity index (χ4n) is 2.59. The van der Waals surface area contributed by atoms with Crippen LogP contribution < -0.4 is 11.1 Å². The van der Waals surface area contributed by atoms with Gasteiger partial charge in [-0.3, -0.25) is 9.69 Å². The van der Waals surface area contributed by atoms with E-state index in [2.05, 4.69) is 29.1 Å². The highest BCUT2D eigenvalue weighted by atomic mass is 16.2. The van der Waals surface area contributed by atoms with Gasteiger partial charge in [0.15, 0.2) is 0 Å². The van der Waals surface area contributed by atoms with Crippen LogP contribution in [0.25, 0.3) is 0 Å². The van der Waals surface area contributed by atoms with Crippen molar-refractivity contribution in [1.82, 2.24) is 9.80 Å². The highest BCUT2D eigenvalue weighted by Crippen LogP contribution is 2.15. The quantitative estimate of drug-likeness (QED) is 0.812. The zero-order valence-corrected chi connectivity index (χ0v) is 12.3. The highest BCUT2D eigenvalue weighted by Gasteiger charge is 2.26. The Hall–Kier alpha value is -1.59. The van der Waals surface area contributed by atoms with E-state index in [-0.39, 0.29) is 11.9 Å². The summed E-state index contributed by atoms with van der Waals surface area (Å²) in [7, 11) is 2.12. The third-order valence-electron chi connectivity index (χ3n) is 3.82. The summed E-state index contributed by atoms with van der Waals surface area (Å²) < 4.78 is 0. The number of nitrogens with one attached hydrogen (secondary N) is 1. The van der Waals surface area contributed by atoms with E-state index in [1.54, 1.807) is 6.07 Å². The lowest BCUT2D eigenvalue weighted by atomic mass is 10.1. The largest absolute Gasteiger partial charge is 0.399 e. The van der Waals surface area contributed by atoms with Crippen molar-refractivity contribution in [3.8, 4) is 0 Å². The maximum absolute atomic E-state index is 12.4. The molecule has 1 atom stereocenters. The molecule has 1 aromatic rings. The summed E-state index contributed by atoms with van der Waals surface area (Å²) in [5.74, 6) is 0.0580. The summed E-state index contributed by atoms with van der Waals surface area (Å²) in [5.41, 5.74) is 7.16. The van der Waals surface area contributed by atoms with Gasteiger partial charge in [-0.15, -0.1) is 0 Å². The number of benzene rings is 1. The molecule has 1 fully saturated rings. The molecule has 20 heavy (non-hydrogen) atoms. The van der Waals surface area contributed by atoms with Crippen molar-refractivity contribution >= 4 is 17.3 Å². The van der Waals surface area contributed by atoms with Gasteiger partial charge in [0.25, 0.3) is 0 Å². The van der Waals surface area contributed by atoms with E-state index in [0.717, 1.165) is 38.3 Å². The molecule has 1 aliphatic heterocycles. The third-order valence-corrected chi connectivity index (χ3v) is 3.82. The van der Waals surface area contributed by atoms with Crippen molar-refractivity contribution in [3.63, 3.8) is 0 Å². The summed E-state index contributed by atoms with van der Waals surface area (Å²) in [6.07, 6.45) is 0.817. The topological polar surface area (TPSA) is 61.6 Å². The molecule has 0 aromatic heterocycles. The van der Waals surface area contributed by atoms with Crippen molar-refractivity contribution in [3.05, 3.63) is 24.3 Å². The summed E-state index contributed by atoms with van der Waals surface area (Å²) in [6.45, 7) is 5.98. The number of amides is 1. The van der Waals surface area contributed by atoms with Gasteiger partial charge in [-0.25, -0.2) is 0 Å². The van der Waals surface area contributed by atoms with Crippen LogP contribution in [0.2, 0.25) is 0 Å². The Morgan fingerprint density at radius 2 is 2.05 bits per heavy atom. The van der Waals surface area contributed by atoms with Crippen LogP contribution in [0.15, 0.2) is 24.3 Å². The van der Waals surface area contributed by atoms with E-state index in [0.29, 0.717) is 5.69 Å². The molecule has 2 rings (SSSR count). The second kappa shape index (κ2) is 6.72. The van der Waals surface area contributed by atoms with E-state index >= 15 is 0 Å². The highest BCUT2D eigenvalue weighted by molar-refractivity contribution is 5.95. The van der Waals surface area contributed by atoms with E-state index in [1.165, 1.54) is 0 Å². The van der Waals surface area contributed by atoms with Crippen molar-refractivity contribution < 1.29 is 4.79 Å². The van der Waals surface area contributed by atoms with Crippen molar-refractivity contribution in [2.75, 3.05) is 44.3 Å². The molecule has 1 heterocycles. The Bertz CT molecular complexity index is 455. The molecule has 0 saturated carbocycles. The number of rotatable bonds is 4. The maximum atomic E-state index is 12.4. The first-order chi connectivity index (χ1) is 9.60. The van der Waals surface area contributed by atoms with Crippen molar-refractivity contribution in [2.45, 2.75) is 19.4 Å². The molecule has 1 aliphatic rings. The first-order valence-corrected chi connectivity index (χ1v) is 7.19. The monoisotopic (exact) mass is 276 g/mol. The van der Waals surface area contributed by atoms with Crippen LogP contribution >= 0.6 is 0 Å². The van der Waals surface area contributed by atoms with Crippen LogP contribution in [0.3, 0.4) is 0 Å². The standard InChI is InChI=1S/C15H24N4O/c1-3-14(19-9-7-18(2)8-10-19)15(20)17-13-6-4-5-12(16)11-13/h4-6,11,14H,3,7-10,16H2,1-2H3,(H,17,20). The minimum atomic E-state index is -0.0647. The molecule has 0 radical (unpaired) electrons. The Morgan fingerprint density at radius 3 is 2.65 bits per heavy atom. The number of nitrogen functional groups attached to an aromatic ring is 1. The number of nitrogens with two attached hydrogens (primary N) is 1. The molecule has 5 heteroatoms. The number of carbonyl (C=O) groups is 1. The maximum Gasteiger partial charge on any atom is 0.241 e. The first-order valence-electron chi connectivity index (χ1n) is 7.19. The van der Waals surface area contributed by atoms with Gasteiger partial charge in [0.05, 0.1) is 6.04 Å². The summed E-state index contributed by atoms with van der Waals surface area (Å²) >= 11 is 0. The second-order valence-electron chi connectivity index (χ2n) is 5.38. The van der Waals surface area contributed by atoms with Gasteiger partial charge in [-0.05, 0) is 31.7 Å². The normalized spacial score (nSPS) is 18.7. The number of carbonyl (C=O) groups excluding carboxylic acids is 1. The molecule has 0 bridgehead atoms. The smallest absolute Gasteiger partial charge is 0.241 e. The minimum Gasteiger partial charge on any atom is -0.399 e. The van der Waals surface area contributed by atoms with Crippen LogP contribution in [-0.4, -0.2) is 55.0 Å². The van der Waals surface area contributed by atoms with E-state index in [1.807, 2.05) is 18.2 Å². The number of likely N-dealkylation sites (N-methyl/N-ethyl adjacent to an activating group) is 1. The molecule has 1 amide bonds. The van der Waals surface area contributed by atoms with Crippen LogP contribution in [0.1, 0.15) is 13.3 Å². The van der Waals surface area contributed by atoms with E-state index < -0.39 is 0 Å². The van der Waals surface area contributed by atoms with Crippen LogP contribution in [0, 0.1) is 0 Å². The molecular weight excluding hydrogens is 252 g/mol. The lowest BCUT2D eigenvalue weighted by molar-refractivity contribution is -0.122. The molecule has 1 aromatic carbocycles. The third kappa shape index (κ3) is 3.71. The molecule has 1 saturated heterocycles. The predicted molar refractivity (Wildman–Crippen MR) is 82.6 cm³/mol. The van der Waals surface area contributed by atoms with E-state index in [9.17, 15) is 4.79 Å². The lowest BCUT2D eigenvalue weighted by Crippen LogP contribution is -2.52. The molecule has 0 spiro atoms. The molecule has 3 N–H and O–H groups in total. The van der Waals surface area contributed by atoms with Crippen LogP contribution in [0.4, 0.5) is 11.4 Å². The first kappa shape index (κ1) is 14.8.